The van der Waals surface area contributed by atoms with E-state index in [2.05, 4.69) is 30.7 Å². The molecule has 1 amide bonds. The van der Waals surface area contributed by atoms with Gasteiger partial charge in [-0.15, -0.1) is 0 Å². The standard InChI is InChI=1S/C29H34N4O4/c1-19-24(32-12-6-5-7-22(32)30-19)26(34)23-25(20-8-10-21(11-9-20)29(2,3)4)33(28(36)27(23)35)14-13-31-15-17-37-18-16-31/h5-12,25,34H,13-18H2,1-4H3/t25-/m0/s1. The normalized spacial score (nSPS) is 20.8. The lowest BCUT2D eigenvalue weighted by atomic mass is 9.85. The molecule has 0 radical (unpaired) electrons. The largest absolute Gasteiger partial charge is 0.505 e. The van der Waals surface area contributed by atoms with Crippen LogP contribution >= 0.6 is 0 Å². The first-order chi connectivity index (χ1) is 17.7. The Morgan fingerprint density at radius 1 is 1.05 bits per heavy atom. The third-order valence-corrected chi connectivity index (χ3v) is 7.32. The van der Waals surface area contributed by atoms with Gasteiger partial charge in [0.2, 0.25) is 0 Å². The molecule has 2 aliphatic rings. The van der Waals surface area contributed by atoms with Crippen molar-refractivity contribution in [1.29, 1.82) is 0 Å². The number of hydrogen-bond acceptors (Lipinski definition) is 6. The third-order valence-electron chi connectivity index (χ3n) is 7.32. The number of pyridine rings is 1. The molecule has 3 aromatic rings. The number of benzene rings is 1. The number of aromatic nitrogens is 2. The fraction of sp³-hybridized carbons (Fsp3) is 0.414. The van der Waals surface area contributed by atoms with E-state index in [4.69, 9.17) is 4.74 Å². The number of ketones is 1. The number of hydrogen-bond donors (Lipinski definition) is 1. The number of carbonyl (C=O) groups is 2. The topological polar surface area (TPSA) is 87.4 Å². The van der Waals surface area contributed by atoms with E-state index in [0.29, 0.717) is 43.3 Å². The van der Waals surface area contributed by atoms with E-state index in [1.54, 1.807) is 22.4 Å². The van der Waals surface area contributed by atoms with Gasteiger partial charge in [0.05, 0.1) is 30.5 Å². The van der Waals surface area contributed by atoms with Gasteiger partial charge in [-0.25, -0.2) is 4.98 Å². The average molecular weight is 503 g/mol. The van der Waals surface area contributed by atoms with Crippen molar-refractivity contribution in [1.82, 2.24) is 19.2 Å². The van der Waals surface area contributed by atoms with Gasteiger partial charge in [-0.05, 0) is 35.6 Å². The first-order valence-corrected chi connectivity index (χ1v) is 12.8. The number of fused-ring (bicyclic) bond motifs is 1. The SMILES string of the molecule is Cc1nc2ccccn2c1C(O)=C1C(=O)C(=O)N(CCN2CCOCC2)[C@H]1c1ccc(C(C)(C)C)cc1. The summed E-state index contributed by atoms with van der Waals surface area (Å²) in [5.41, 5.74) is 3.69. The highest BCUT2D eigenvalue weighted by molar-refractivity contribution is 6.46. The number of ether oxygens (including phenoxy) is 1. The van der Waals surface area contributed by atoms with Gasteiger partial charge in [-0.2, -0.15) is 0 Å². The van der Waals surface area contributed by atoms with Gasteiger partial charge in [-0.3, -0.25) is 18.9 Å². The molecule has 0 bridgehead atoms. The van der Waals surface area contributed by atoms with E-state index in [1.165, 1.54) is 0 Å². The van der Waals surface area contributed by atoms with Gasteiger partial charge >= 0.3 is 0 Å². The Balaban J connectivity index is 1.61. The minimum Gasteiger partial charge on any atom is -0.505 e. The fourth-order valence-electron chi connectivity index (χ4n) is 5.22. The molecule has 1 atom stereocenters. The molecule has 4 heterocycles. The summed E-state index contributed by atoms with van der Waals surface area (Å²) in [5.74, 6) is -1.46. The van der Waals surface area contributed by atoms with Crippen molar-refractivity contribution < 1.29 is 19.4 Å². The van der Waals surface area contributed by atoms with Crippen LogP contribution in [0.25, 0.3) is 11.4 Å². The summed E-state index contributed by atoms with van der Waals surface area (Å²) >= 11 is 0. The van der Waals surface area contributed by atoms with Crippen molar-refractivity contribution in [3.8, 4) is 0 Å². The number of rotatable bonds is 5. The number of aliphatic hydroxyl groups is 1. The molecule has 5 rings (SSSR count). The Bertz CT molecular complexity index is 1360. The summed E-state index contributed by atoms with van der Waals surface area (Å²) in [6.07, 6.45) is 1.80. The maximum Gasteiger partial charge on any atom is 0.295 e. The van der Waals surface area contributed by atoms with Crippen LogP contribution in [0.5, 0.6) is 0 Å². The van der Waals surface area contributed by atoms with Crippen molar-refractivity contribution >= 4 is 23.1 Å². The fourth-order valence-corrected chi connectivity index (χ4v) is 5.22. The van der Waals surface area contributed by atoms with Gasteiger partial charge in [-0.1, -0.05) is 51.1 Å². The summed E-state index contributed by atoms with van der Waals surface area (Å²) in [6, 6.07) is 12.9. The molecule has 2 saturated heterocycles. The molecule has 37 heavy (non-hydrogen) atoms. The maximum absolute atomic E-state index is 13.5. The molecular formula is C29H34N4O4. The summed E-state index contributed by atoms with van der Waals surface area (Å²) in [5, 5.41) is 11.6. The number of Topliss-reactive ketones (excluding diaryl/α,β-unsaturated/α-hetero) is 1. The van der Waals surface area contributed by atoms with E-state index in [-0.39, 0.29) is 16.7 Å². The number of aliphatic hydroxyl groups excluding tert-OH is 1. The Hall–Kier alpha value is -3.49. The molecule has 0 saturated carbocycles. The average Bonchev–Trinajstić information content (AvgIpc) is 3.35. The van der Waals surface area contributed by atoms with Crippen LogP contribution in [-0.2, 0) is 19.7 Å². The summed E-state index contributed by atoms with van der Waals surface area (Å²) in [4.78, 5) is 35.3. The number of imidazole rings is 1. The molecule has 0 unspecified atom stereocenters. The number of aryl methyl sites for hydroxylation is 1. The Labute approximate surface area is 217 Å². The van der Waals surface area contributed by atoms with Crippen LogP contribution in [0.15, 0.2) is 54.2 Å². The molecule has 8 nitrogen and oxygen atoms in total. The van der Waals surface area contributed by atoms with Crippen LogP contribution in [0.2, 0.25) is 0 Å². The lowest BCUT2D eigenvalue weighted by molar-refractivity contribution is -0.140. The van der Waals surface area contributed by atoms with Gasteiger partial charge in [0.25, 0.3) is 11.7 Å². The highest BCUT2D eigenvalue weighted by Crippen LogP contribution is 2.40. The Morgan fingerprint density at radius 3 is 2.43 bits per heavy atom. The van der Waals surface area contributed by atoms with E-state index in [0.717, 1.165) is 24.2 Å². The Kier molecular flexibility index (Phi) is 6.64. The third kappa shape index (κ3) is 4.67. The quantitative estimate of drug-likeness (QED) is 0.325. The van der Waals surface area contributed by atoms with Crippen LogP contribution in [0.1, 0.15) is 49.3 Å². The first-order valence-electron chi connectivity index (χ1n) is 12.8. The monoisotopic (exact) mass is 502 g/mol. The lowest BCUT2D eigenvalue weighted by Crippen LogP contribution is -2.42. The second-order valence-electron chi connectivity index (χ2n) is 10.8. The first kappa shape index (κ1) is 25.2. The predicted molar refractivity (Wildman–Crippen MR) is 141 cm³/mol. The Morgan fingerprint density at radius 2 is 1.76 bits per heavy atom. The molecule has 2 aromatic heterocycles. The van der Waals surface area contributed by atoms with Crippen molar-refractivity contribution in [2.24, 2.45) is 0 Å². The summed E-state index contributed by atoms with van der Waals surface area (Å²) in [6.45, 7) is 12.1. The smallest absolute Gasteiger partial charge is 0.295 e. The molecule has 0 spiro atoms. The van der Waals surface area contributed by atoms with Gasteiger partial charge in [0.1, 0.15) is 11.3 Å². The molecule has 2 fully saturated rings. The van der Waals surface area contributed by atoms with Gasteiger partial charge in [0, 0.05) is 32.4 Å². The highest BCUT2D eigenvalue weighted by atomic mass is 16.5. The lowest BCUT2D eigenvalue weighted by Gasteiger charge is -2.31. The van der Waals surface area contributed by atoms with Crippen molar-refractivity contribution in [2.45, 2.75) is 39.2 Å². The highest BCUT2D eigenvalue weighted by Gasteiger charge is 2.46. The second kappa shape index (κ2) is 9.76. The van der Waals surface area contributed by atoms with Crippen molar-refractivity contribution in [3.05, 3.63) is 76.7 Å². The van der Waals surface area contributed by atoms with Gasteiger partial charge < -0.3 is 14.7 Å². The second-order valence-corrected chi connectivity index (χ2v) is 10.8. The van der Waals surface area contributed by atoms with Crippen LogP contribution < -0.4 is 0 Å². The zero-order valence-electron chi connectivity index (χ0n) is 21.9. The predicted octanol–water partition coefficient (Wildman–Crippen LogP) is 3.69. The number of likely N-dealkylation sites (tertiary alicyclic amines) is 1. The summed E-state index contributed by atoms with van der Waals surface area (Å²) in [7, 11) is 0. The number of morpholine rings is 1. The molecule has 2 aliphatic heterocycles. The maximum atomic E-state index is 13.5. The zero-order chi connectivity index (χ0) is 26.3. The summed E-state index contributed by atoms with van der Waals surface area (Å²) < 4.78 is 7.21. The molecule has 0 aliphatic carbocycles. The van der Waals surface area contributed by atoms with Crippen LogP contribution in [0.3, 0.4) is 0 Å². The molecule has 1 aromatic carbocycles. The van der Waals surface area contributed by atoms with Crippen molar-refractivity contribution in [3.63, 3.8) is 0 Å². The van der Waals surface area contributed by atoms with Gasteiger partial charge in [0.15, 0.2) is 5.76 Å². The number of carbonyl (C=O) groups excluding carboxylic acids is 2. The molecule has 8 heteroatoms. The van der Waals surface area contributed by atoms with E-state index < -0.39 is 17.7 Å². The number of amides is 1. The van der Waals surface area contributed by atoms with Crippen molar-refractivity contribution in [2.75, 3.05) is 39.4 Å². The van der Waals surface area contributed by atoms with E-state index >= 15 is 0 Å². The minimum atomic E-state index is -0.691. The van der Waals surface area contributed by atoms with Crippen LogP contribution in [0, 0.1) is 6.92 Å². The zero-order valence-corrected chi connectivity index (χ0v) is 21.9. The van der Waals surface area contributed by atoms with E-state index in [9.17, 15) is 14.7 Å². The van der Waals surface area contributed by atoms with Crippen LogP contribution in [0.4, 0.5) is 0 Å². The van der Waals surface area contributed by atoms with Crippen LogP contribution in [-0.4, -0.2) is 75.4 Å². The molecule has 194 valence electrons. The number of nitrogens with zero attached hydrogens (tertiary/aromatic N) is 4. The minimum absolute atomic E-state index is 0.0374. The molecule has 1 N–H and O–H groups in total. The van der Waals surface area contributed by atoms with E-state index in [1.807, 2.05) is 42.5 Å². The molecular weight excluding hydrogens is 468 g/mol.